The van der Waals surface area contributed by atoms with E-state index in [1.165, 1.54) is 0 Å². The molecule has 1 N–H and O–H groups in total. The number of halogens is 1. The van der Waals surface area contributed by atoms with Gasteiger partial charge in [-0.15, -0.1) is 0 Å². The fourth-order valence-corrected chi connectivity index (χ4v) is 4.96. The van der Waals surface area contributed by atoms with Crippen LogP contribution in [0.15, 0.2) is 28.7 Å². The molecule has 1 spiro atoms. The number of ether oxygens (including phenoxy) is 3. The Morgan fingerprint density at radius 1 is 1.31 bits per heavy atom. The highest BCUT2D eigenvalue weighted by molar-refractivity contribution is 9.10. The summed E-state index contributed by atoms with van der Waals surface area (Å²) in [5.41, 5.74) is -1.13. The second-order valence-corrected chi connectivity index (χ2v) is 10.3. The van der Waals surface area contributed by atoms with Gasteiger partial charge in [-0.25, -0.2) is 0 Å². The van der Waals surface area contributed by atoms with Gasteiger partial charge in [-0.2, -0.15) is 0 Å². The molecule has 0 saturated carbocycles. The van der Waals surface area contributed by atoms with E-state index in [0.29, 0.717) is 38.3 Å². The summed E-state index contributed by atoms with van der Waals surface area (Å²) in [7, 11) is 0. The van der Waals surface area contributed by atoms with Crippen molar-refractivity contribution < 1.29 is 24.1 Å². The third-order valence-electron chi connectivity index (χ3n) is 6.52. The van der Waals surface area contributed by atoms with E-state index in [1.54, 1.807) is 13.8 Å². The van der Waals surface area contributed by atoms with Crippen molar-refractivity contribution in [3.63, 3.8) is 0 Å². The van der Waals surface area contributed by atoms with Crippen LogP contribution in [0.4, 0.5) is 0 Å². The van der Waals surface area contributed by atoms with Crippen molar-refractivity contribution in [2.45, 2.75) is 69.0 Å². The number of hydrogen-bond donors (Lipinski definition) is 1. The Bertz CT molecular complexity index is 763. The second kappa shape index (κ2) is 7.61. The SMILES string of the molecule is CC(C)(O)[C@@H]1CC[C@](C)([C@@H]2C[C@@]3(CO2)CN(C(=O)c2ccc(Br)cc2)CCO3)O1. The van der Waals surface area contributed by atoms with Gasteiger partial charge in [0.05, 0.1) is 43.2 Å². The molecule has 29 heavy (non-hydrogen) atoms. The molecule has 0 aliphatic carbocycles. The van der Waals surface area contributed by atoms with Gasteiger partial charge in [0.1, 0.15) is 5.60 Å². The van der Waals surface area contributed by atoms with Crippen LogP contribution in [0.25, 0.3) is 0 Å². The lowest BCUT2D eigenvalue weighted by Crippen LogP contribution is -2.54. The molecule has 6 nitrogen and oxygen atoms in total. The Morgan fingerprint density at radius 3 is 2.69 bits per heavy atom. The maximum atomic E-state index is 13.0. The maximum Gasteiger partial charge on any atom is 0.254 e. The summed E-state index contributed by atoms with van der Waals surface area (Å²) in [5.74, 6) is 0.0223. The average Bonchev–Trinajstić information content (AvgIpc) is 3.27. The van der Waals surface area contributed by atoms with Crippen LogP contribution in [0.1, 0.15) is 50.4 Å². The fraction of sp³-hybridized carbons (Fsp3) is 0.682. The first-order valence-electron chi connectivity index (χ1n) is 10.3. The van der Waals surface area contributed by atoms with Crippen molar-refractivity contribution in [2.24, 2.45) is 0 Å². The molecule has 1 amide bonds. The molecule has 4 rings (SSSR count). The van der Waals surface area contributed by atoms with E-state index in [1.807, 2.05) is 29.2 Å². The highest BCUT2D eigenvalue weighted by Gasteiger charge is 2.55. The summed E-state index contributed by atoms with van der Waals surface area (Å²) in [6.45, 7) is 7.69. The molecular formula is C22H30BrNO5. The van der Waals surface area contributed by atoms with Gasteiger partial charge in [-0.1, -0.05) is 15.9 Å². The van der Waals surface area contributed by atoms with E-state index in [9.17, 15) is 9.90 Å². The quantitative estimate of drug-likeness (QED) is 0.739. The highest BCUT2D eigenvalue weighted by Crippen LogP contribution is 2.44. The van der Waals surface area contributed by atoms with Gasteiger partial charge in [0, 0.05) is 23.0 Å². The molecule has 0 radical (unpaired) electrons. The molecule has 0 bridgehead atoms. The van der Waals surface area contributed by atoms with Gasteiger partial charge in [0.25, 0.3) is 5.91 Å². The van der Waals surface area contributed by atoms with Crippen molar-refractivity contribution in [1.82, 2.24) is 4.90 Å². The number of amides is 1. The molecule has 1 aromatic rings. The van der Waals surface area contributed by atoms with E-state index in [0.717, 1.165) is 17.3 Å². The Hall–Kier alpha value is -0.990. The summed E-state index contributed by atoms with van der Waals surface area (Å²) in [5, 5.41) is 10.3. The first kappa shape index (κ1) is 21.2. The summed E-state index contributed by atoms with van der Waals surface area (Å²) < 4.78 is 19.6. The van der Waals surface area contributed by atoms with Crippen LogP contribution in [0.3, 0.4) is 0 Å². The predicted octanol–water partition coefficient (Wildman–Crippen LogP) is 3.16. The summed E-state index contributed by atoms with van der Waals surface area (Å²) >= 11 is 3.41. The highest BCUT2D eigenvalue weighted by atomic mass is 79.9. The van der Waals surface area contributed by atoms with Crippen LogP contribution in [0.2, 0.25) is 0 Å². The van der Waals surface area contributed by atoms with Crippen LogP contribution in [0, 0.1) is 0 Å². The maximum absolute atomic E-state index is 13.0. The molecular weight excluding hydrogens is 438 g/mol. The zero-order chi connectivity index (χ0) is 20.9. The monoisotopic (exact) mass is 467 g/mol. The molecule has 3 fully saturated rings. The van der Waals surface area contributed by atoms with Crippen LogP contribution < -0.4 is 0 Å². The van der Waals surface area contributed by atoms with Crippen LogP contribution in [-0.2, 0) is 14.2 Å². The smallest absolute Gasteiger partial charge is 0.254 e. The molecule has 7 heteroatoms. The topological polar surface area (TPSA) is 68.2 Å². The van der Waals surface area contributed by atoms with Crippen LogP contribution >= 0.6 is 15.9 Å². The number of carbonyl (C=O) groups is 1. The standard InChI is InChI=1S/C22H30BrNO5/c1-20(2,26)17-8-9-21(3,29-17)18-12-22(14-27-18)13-24(10-11-28-22)19(25)15-4-6-16(23)7-5-15/h4-7,17-18,26H,8-14H2,1-3H3/t17-,18-,21+,22-/m0/s1. The zero-order valence-electron chi connectivity index (χ0n) is 17.3. The first-order valence-corrected chi connectivity index (χ1v) is 11.1. The number of hydrogen-bond acceptors (Lipinski definition) is 5. The lowest BCUT2D eigenvalue weighted by molar-refractivity contribution is -0.155. The molecule has 0 unspecified atom stereocenters. The van der Waals surface area contributed by atoms with E-state index in [-0.39, 0.29) is 18.1 Å². The largest absolute Gasteiger partial charge is 0.388 e. The van der Waals surface area contributed by atoms with Crippen molar-refractivity contribution in [1.29, 1.82) is 0 Å². The van der Waals surface area contributed by atoms with E-state index in [2.05, 4.69) is 22.9 Å². The van der Waals surface area contributed by atoms with Crippen LogP contribution in [-0.4, -0.2) is 71.2 Å². The summed E-state index contributed by atoms with van der Waals surface area (Å²) in [6.07, 6.45) is 2.02. The summed E-state index contributed by atoms with van der Waals surface area (Å²) in [6, 6.07) is 7.45. The Morgan fingerprint density at radius 2 is 2.03 bits per heavy atom. The molecule has 3 aliphatic heterocycles. The third-order valence-corrected chi connectivity index (χ3v) is 7.04. The minimum absolute atomic E-state index is 0.0223. The van der Waals surface area contributed by atoms with Gasteiger partial charge in [0.15, 0.2) is 0 Å². The Balaban J connectivity index is 1.43. The zero-order valence-corrected chi connectivity index (χ0v) is 18.9. The lowest BCUT2D eigenvalue weighted by Gasteiger charge is -2.40. The van der Waals surface area contributed by atoms with Gasteiger partial charge < -0.3 is 24.2 Å². The number of rotatable bonds is 3. The van der Waals surface area contributed by atoms with E-state index < -0.39 is 16.8 Å². The molecule has 3 heterocycles. The molecule has 0 aromatic heterocycles. The second-order valence-electron chi connectivity index (χ2n) is 9.38. The van der Waals surface area contributed by atoms with Crippen molar-refractivity contribution in [3.8, 4) is 0 Å². The summed E-state index contributed by atoms with van der Waals surface area (Å²) in [4.78, 5) is 14.8. The molecule has 3 aliphatic rings. The normalized spacial score (nSPS) is 35.4. The third kappa shape index (κ3) is 4.26. The van der Waals surface area contributed by atoms with E-state index >= 15 is 0 Å². The van der Waals surface area contributed by atoms with Gasteiger partial charge in [-0.05, 0) is 57.9 Å². The van der Waals surface area contributed by atoms with Gasteiger partial charge in [0.2, 0.25) is 0 Å². The first-order chi connectivity index (χ1) is 13.6. The molecule has 160 valence electrons. The molecule has 1 aromatic carbocycles. The number of nitrogens with zero attached hydrogens (tertiary/aromatic N) is 1. The van der Waals surface area contributed by atoms with Crippen molar-refractivity contribution in [2.75, 3.05) is 26.3 Å². The number of benzene rings is 1. The number of carbonyl (C=O) groups excluding carboxylic acids is 1. The number of morpholine rings is 1. The predicted molar refractivity (Wildman–Crippen MR) is 112 cm³/mol. The Kier molecular flexibility index (Phi) is 5.57. The van der Waals surface area contributed by atoms with Crippen LogP contribution in [0.5, 0.6) is 0 Å². The van der Waals surface area contributed by atoms with Gasteiger partial charge in [-0.3, -0.25) is 4.79 Å². The van der Waals surface area contributed by atoms with Crippen molar-refractivity contribution >= 4 is 21.8 Å². The average molecular weight is 468 g/mol. The molecule has 4 atom stereocenters. The van der Waals surface area contributed by atoms with Crippen molar-refractivity contribution in [3.05, 3.63) is 34.3 Å². The van der Waals surface area contributed by atoms with Gasteiger partial charge >= 0.3 is 0 Å². The number of aliphatic hydroxyl groups is 1. The minimum atomic E-state index is -0.872. The molecule has 3 saturated heterocycles. The van der Waals surface area contributed by atoms with E-state index in [4.69, 9.17) is 14.2 Å². The fourth-order valence-electron chi connectivity index (χ4n) is 4.70. The minimum Gasteiger partial charge on any atom is -0.388 e. The Labute approximate surface area is 180 Å². The lowest BCUT2D eigenvalue weighted by atomic mass is 9.87.